The van der Waals surface area contributed by atoms with Crippen molar-refractivity contribution in [2.24, 2.45) is 5.92 Å². The van der Waals surface area contributed by atoms with E-state index in [9.17, 15) is 0 Å². The predicted molar refractivity (Wildman–Crippen MR) is 156 cm³/mol. The zero-order valence-electron chi connectivity index (χ0n) is 20.6. The zero-order valence-corrected chi connectivity index (χ0v) is 20.6. The van der Waals surface area contributed by atoms with Crippen LogP contribution >= 0.6 is 0 Å². The van der Waals surface area contributed by atoms with Crippen LogP contribution in [-0.4, -0.2) is 0 Å². The van der Waals surface area contributed by atoms with E-state index in [-0.39, 0.29) is 0 Å². The van der Waals surface area contributed by atoms with Crippen LogP contribution in [0.25, 0.3) is 43.8 Å². The summed E-state index contributed by atoms with van der Waals surface area (Å²) in [5, 5.41) is 5.43. The highest BCUT2D eigenvalue weighted by Crippen LogP contribution is 2.45. The molecule has 0 fully saturated rings. The predicted octanol–water partition coefficient (Wildman–Crippen LogP) is 10.1. The number of benzene rings is 4. The average molecular weight is 463 g/mol. The Kier molecular flexibility index (Phi) is 5.32. The second-order valence-corrected chi connectivity index (χ2v) is 10.3. The molecule has 7 rings (SSSR count). The molecule has 0 saturated carbocycles. The quantitative estimate of drug-likeness (QED) is 0.266. The molecule has 0 heteroatoms. The summed E-state index contributed by atoms with van der Waals surface area (Å²) >= 11 is 0. The molecule has 0 bridgehead atoms. The standard InChI is InChI=1S/C36H30/c1-2-10-25(11-3-1)27-18-21-28(22-19-27)35-31-14-6-8-16-33(31)36(34-17-9-7-15-32(34)35)30-23-20-26-12-4-5-13-29(26)24-30/h1-2,4-10,13-19,21-22,24,26H,3,11-12,20,23H2. The Bertz CT molecular complexity index is 1580. The molecule has 1 unspecified atom stereocenters. The fraction of sp³-hybridized carbons (Fsp3) is 0.167. The van der Waals surface area contributed by atoms with Gasteiger partial charge in [-0.15, -0.1) is 0 Å². The second kappa shape index (κ2) is 8.95. The molecule has 0 radical (unpaired) electrons. The smallest absolute Gasteiger partial charge is 0.00264 e. The maximum absolute atomic E-state index is 2.49. The Morgan fingerprint density at radius 1 is 0.556 bits per heavy atom. The summed E-state index contributed by atoms with van der Waals surface area (Å²) in [6, 6.07) is 27.3. The van der Waals surface area contributed by atoms with Gasteiger partial charge in [-0.1, -0.05) is 115 Å². The van der Waals surface area contributed by atoms with Crippen molar-refractivity contribution in [1.82, 2.24) is 0 Å². The highest BCUT2D eigenvalue weighted by atomic mass is 14.3. The summed E-state index contributed by atoms with van der Waals surface area (Å²) in [7, 11) is 0. The van der Waals surface area contributed by atoms with Crippen molar-refractivity contribution in [3.63, 3.8) is 0 Å². The normalized spacial score (nSPS) is 19.1. The third-order valence-electron chi connectivity index (χ3n) is 8.23. The second-order valence-electron chi connectivity index (χ2n) is 10.3. The largest absolute Gasteiger partial charge is 0.0842 e. The minimum atomic E-state index is 0.684. The van der Waals surface area contributed by atoms with Gasteiger partial charge in [-0.3, -0.25) is 0 Å². The van der Waals surface area contributed by atoms with Gasteiger partial charge in [0.05, 0.1) is 0 Å². The number of fused-ring (bicyclic) bond motifs is 3. The summed E-state index contributed by atoms with van der Waals surface area (Å²) in [6.07, 6.45) is 21.9. The van der Waals surface area contributed by atoms with Crippen LogP contribution in [0.3, 0.4) is 0 Å². The Balaban J connectivity index is 1.45. The van der Waals surface area contributed by atoms with E-state index in [0.29, 0.717) is 5.92 Å². The maximum Gasteiger partial charge on any atom is -0.00264 e. The lowest BCUT2D eigenvalue weighted by Gasteiger charge is -2.27. The molecular weight excluding hydrogens is 432 g/mol. The van der Waals surface area contributed by atoms with E-state index in [1.165, 1.54) is 73.4 Å². The Labute approximate surface area is 213 Å². The minimum absolute atomic E-state index is 0.684. The van der Waals surface area contributed by atoms with Crippen LogP contribution in [0.2, 0.25) is 0 Å². The first kappa shape index (κ1) is 21.4. The lowest BCUT2D eigenvalue weighted by Crippen LogP contribution is -2.10. The maximum atomic E-state index is 2.49. The third kappa shape index (κ3) is 3.60. The van der Waals surface area contributed by atoms with E-state index in [2.05, 4.69) is 115 Å². The number of allylic oxidation sites excluding steroid dienone is 10. The third-order valence-corrected chi connectivity index (χ3v) is 8.23. The number of rotatable bonds is 3. The highest BCUT2D eigenvalue weighted by molar-refractivity contribution is 6.18. The lowest BCUT2D eigenvalue weighted by atomic mass is 9.77. The van der Waals surface area contributed by atoms with E-state index in [1.54, 1.807) is 0 Å². The molecule has 36 heavy (non-hydrogen) atoms. The van der Waals surface area contributed by atoms with Crippen molar-refractivity contribution in [3.8, 4) is 11.1 Å². The van der Waals surface area contributed by atoms with Gasteiger partial charge in [0.15, 0.2) is 0 Å². The zero-order chi connectivity index (χ0) is 23.9. The molecule has 0 aliphatic heterocycles. The van der Waals surface area contributed by atoms with Gasteiger partial charge in [0, 0.05) is 0 Å². The van der Waals surface area contributed by atoms with Crippen molar-refractivity contribution in [2.75, 3.05) is 0 Å². The molecule has 1 atom stereocenters. The molecule has 3 aliphatic carbocycles. The molecule has 0 aromatic heterocycles. The van der Waals surface area contributed by atoms with E-state index in [0.717, 1.165) is 19.3 Å². The summed E-state index contributed by atoms with van der Waals surface area (Å²) in [5.74, 6) is 0.684. The summed E-state index contributed by atoms with van der Waals surface area (Å²) in [4.78, 5) is 0. The first-order valence-electron chi connectivity index (χ1n) is 13.3. The van der Waals surface area contributed by atoms with E-state index in [4.69, 9.17) is 0 Å². The van der Waals surface area contributed by atoms with Crippen molar-refractivity contribution >= 4 is 32.7 Å². The average Bonchev–Trinajstić information content (AvgIpc) is 2.96. The van der Waals surface area contributed by atoms with Crippen molar-refractivity contribution in [2.45, 2.75) is 32.1 Å². The molecule has 0 amide bonds. The molecule has 0 N–H and O–H groups in total. The molecule has 0 heterocycles. The Morgan fingerprint density at radius 2 is 1.19 bits per heavy atom. The molecular formula is C36H30. The molecule has 174 valence electrons. The van der Waals surface area contributed by atoms with E-state index >= 15 is 0 Å². The fourth-order valence-electron chi connectivity index (χ4n) is 6.42. The minimum Gasteiger partial charge on any atom is -0.0842 e. The van der Waals surface area contributed by atoms with Crippen LogP contribution < -0.4 is 0 Å². The van der Waals surface area contributed by atoms with Crippen LogP contribution in [0.5, 0.6) is 0 Å². The lowest BCUT2D eigenvalue weighted by molar-refractivity contribution is 0.572. The van der Waals surface area contributed by atoms with Gasteiger partial charge >= 0.3 is 0 Å². The van der Waals surface area contributed by atoms with E-state index in [1.807, 2.05) is 0 Å². The number of hydrogen-bond acceptors (Lipinski definition) is 0. The monoisotopic (exact) mass is 462 g/mol. The molecule has 4 aromatic carbocycles. The van der Waals surface area contributed by atoms with Gasteiger partial charge in [-0.2, -0.15) is 0 Å². The highest BCUT2D eigenvalue weighted by Gasteiger charge is 2.23. The van der Waals surface area contributed by atoms with Gasteiger partial charge < -0.3 is 0 Å². The Hall–Kier alpha value is -3.90. The molecule has 0 saturated heterocycles. The summed E-state index contributed by atoms with van der Waals surface area (Å²) in [5.41, 5.74) is 9.83. The van der Waals surface area contributed by atoms with Crippen LogP contribution in [0.4, 0.5) is 0 Å². The molecule has 4 aromatic rings. The summed E-state index contributed by atoms with van der Waals surface area (Å²) < 4.78 is 0. The van der Waals surface area contributed by atoms with Crippen LogP contribution in [0.1, 0.15) is 43.2 Å². The SMILES string of the molecule is C1=CCCC(c2ccc(-c3c4ccccc4c(C4=CC5=CC=CCC5CC4)c4ccccc34)cc2)=C1. The van der Waals surface area contributed by atoms with Gasteiger partial charge in [0.25, 0.3) is 0 Å². The van der Waals surface area contributed by atoms with Gasteiger partial charge in [0.1, 0.15) is 0 Å². The van der Waals surface area contributed by atoms with Crippen molar-refractivity contribution < 1.29 is 0 Å². The van der Waals surface area contributed by atoms with Crippen molar-refractivity contribution in [3.05, 3.63) is 132 Å². The van der Waals surface area contributed by atoms with Crippen LogP contribution in [-0.2, 0) is 0 Å². The van der Waals surface area contributed by atoms with E-state index < -0.39 is 0 Å². The van der Waals surface area contributed by atoms with Crippen LogP contribution in [0, 0.1) is 5.92 Å². The molecule has 0 nitrogen and oxygen atoms in total. The Morgan fingerprint density at radius 3 is 1.86 bits per heavy atom. The topological polar surface area (TPSA) is 0 Å². The first-order valence-corrected chi connectivity index (χ1v) is 13.3. The first-order chi connectivity index (χ1) is 17.9. The van der Waals surface area contributed by atoms with Gasteiger partial charge in [0.2, 0.25) is 0 Å². The molecule has 3 aliphatic rings. The fourth-order valence-corrected chi connectivity index (χ4v) is 6.42. The van der Waals surface area contributed by atoms with Crippen LogP contribution in [0.15, 0.2) is 121 Å². The van der Waals surface area contributed by atoms with Crippen molar-refractivity contribution in [1.29, 1.82) is 0 Å². The van der Waals surface area contributed by atoms with Gasteiger partial charge in [-0.25, -0.2) is 0 Å². The van der Waals surface area contributed by atoms with Gasteiger partial charge in [-0.05, 0) is 98.5 Å². The number of hydrogen-bond donors (Lipinski definition) is 0. The molecule has 0 spiro atoms. The summed E-state index contributed by atoms with van der Waals surface area (Å²) in [6.45, 7) is 0.